The second-order valence-electron chi connectivity index (χ2n) is 29.9. The molecule has 3 aromatic carbocycles. The molecule has 2 amide bonds. The number of nitrogens with zero attached hydrogens (tertiary/aromatic N) is 6. The first-order valence-electron chi connectivity index (χ1n) is 36.6. The number of halogens is 9. The standard InChI is InChI=1S/2C25H29F3N4O3S.C17H22N2O3S.C8H9F3N2O/c2*26-25(27,28)12-15-35-22-3-1-2-21(30-22)31-23(33)19-7-6-18(36(29,34)17-4-5-17)16-20(19)32-13-10-24(8-9-24)11-14-32;18-23(22,12-1-2-12)13-3-4-14(16(20)21)15(11-13)19-9-7-17(5-6-17)8-10-19;9-8(10,11)4-5-14-7-3-1-2-6(12)13-7/h2*1-3,6-7,16-17,29H,4-5,8-15H2,(H,30,31,33);3-4,11-12,18H,1-2,5-10H2,(H,20,21);1-3H,4-5H2,(H2,12,13)/t2*36-;;/m10../s1. The fourth-order valence-corrected chi connectivity index (χ4v) is 19.0. The molecule has 6 saturated carbocycles. The molecule has 3 aliphatic heterocycles. The smallest absolute Gasteiger partial charge is 0.392 e. The summed E-state index contributed by atoms with van der Waals surface area (Å²) in [7, 11) is -8.66. The van der Waals surface area contributed by atoms with Crippen molar-refractivity contribution >= 4 is 81.5 Å². The van der Waals surface area contributed by atoms with Gasteiger partial charge >= 0.3 is 24.5 Å². The Bertz CT molecular complexity index is 4460. The molecule has 3 aromatic heterocycles. The first-order valence-corrected chi connectivity index (χ1v) is 41.5. The molecular weight excluding hydrogens is 1500 g/mol. The SMILES string of the molecule is N=S(=O)(c1ccc(C(=O)O)c(N2CCC3(CC2)CC3)c1)C1CC1.N=[S@@](=O)(c1ccc(C(=O)Nc2cccc(OCCC(F)(F)F)n2)c(N2CCC3(CC2)CC3)c1)C1CC1.N=[S@](=O)(c1ccc(C(=O)Nc2cccc(OCCC(F)(F)F)n2)c(N2CCC3(CC2)CC3)c1)C1CC1.Nc1cccc(OCCC(F)(F)F)n1. The van der Waals surface area contributed by atoms with E-state index in [1.807, 2.05) is 0 Å². The quantitative estimate of drug-likeness (QED) is 0.0293. The summed E-state index contributed by atoms with van der Waals surface area (Å²) in [4.78, 5) is 57.8. The zero-order valence-electron chi connectivity index (χ0n) is 59.8. The van der Waals surface area contributed by atoms with Crippen LogP contribution in [0.3, 0.4) is 0 Å². The number of amides is 2. The molecule has 1 unspecified atom stereocenters. The second kappa shape index (κ2) is 32.0. The molecule has 109 heavy (non-hydrogen) atoms. The normalized spacial score (nSPS) is 20.4. The minimum absolute atomic E-state index is 0.0169. The Kier molecular flexibility index (Phi) is 23.4. The van der Waals surface area contributed by atoms with Crippen LogP contribution in [0.15, 0.2) is 124 Å². The highest BCUT2D eigenvalue weighted by atomic mass is 32.2. The largest absolute Gasteiger partial charge is 0.478 e. The Morgan fingerprint density at radius 1 is 0.440 bits per heavy atom. The first-order chi connectivity index (χ1) is 51.5. The van der Waals surface area contributed by atoms with Crippen molar-refractivity contribution in [2.24, 2.45) is 16.2 Å². The maximum absolute atomic E-state index is 13.3. The lowest BCUT2D eigenvalue weighted by Crippen LogP contribution is -2.36. The Hall–Kier alpha value is -8.66. The van der Waals surface area contributed by atoms with E-state index in [0.717, 1.165) is 116 Å². The lowest BCUT2D eigenvalue weighted by Gasteiger charge is -2.35. The van der Waals surface area contributed by atoms with Crippen molar-refractivity contribution in [1.82, 2.24) is 15.0 Å². The lowest BCUT2D eigenvalue weighted by atomic mass is 9.93. The molecule has 6 heterocycles. The van der Waals surface area contributed by atoms with E-state index in [1.165, 1.54) is 81.0 Å². The van der Waals surface area contributed by atoms with Crippen LogP contribution >= 0.6 is 0 Å². The number of benzene rings is 3. The number of nitrogens with one attached hydrogen (secondary N) is 5. The fourth-order valence-electron chi connectivity index (χ4n) is 13.7. The van der Waals surface area contributed by atoms with E-state index in [9.17, 15) is 71.6 Å². The number of carbonyl (C=O) groups is 3. The van der Waals surface area contributed by atoms with Crippen molar-refractivity contribution in [1.29, 1.82) is 14.3 Å². The van der Waals surface area contributed by atoms with Gasteiger partial charge in [-0.1, -0.05) is 18.2 Å². The van der Waals surface area contributed by atoms with Gasteiger partial charge in [0, 0.05) is 87.9 Å². The van der Waals surface area contributed by atoms with Crippen LogP contribution in [-0.4, -0.2) is 144 Å². The van der Waals surface area contributed by atoms with Gasteiger partial charge in [-0.05, 0) is 205 Å². The van der Waals surface area contributed by atoms with Gasteiger partial charge < -0.3 is 50.4 Å². The van der Waals surface area contributed by atoms with Gasteiger partial charge in [0.2, 0.25) is 17.6 Å². The number of anilines is 6. The Morgan fingerprint density at radius 3 is 1.00 bits per heavy atom. The third-order valence-corrected chi connectivity index (χ3v) is 28.7. The van der Waals surface area contributed by atoms with Crippen molar-refractivity contribution in [3.8, 4) is 17.6 Å². The summed E-state index contributed by atoms with van der Waals surface area (Å²) in [6.45, 7) is 3.27. The van der Waals surface area contributed by atoms with Gasteiger partial charge in [0.05, 0.1) is 102 Å². The number of hydrogen-bond acceptors (Lipinski definition) is 19. The zero-order chi connectivity index (χ0) is 78.0. The van der Waals surface area contributed by atoms with Gasteiger partial charge in [0.15, 0.2) is 0 Å². The monoisotopic (exact) mass is 1580 g/mol. The number of alkyl halides is 9. The van der Waals surface area contributed by atoms with Crippen molar-refractivity contribution in [2.45, 2.75) is 184 Å². The Labute approximate surface area is 627 Å². The summed E-state index contributed by atoms with van der Waals surface area (Å²) in [6, 6.07) is 28.2. The van der Waals surface area contributed by atoms with Crippen LogP contribution in [0.2, 0.25) is 0 Å². The van der Waals surface area contributed by atoms with Crippen molar-refractivity contribution in [2.75, 3.05) is 90.2 Å². The number of pyridine rings is 3. The zero-order valence-corrected chi connectivity index (χ0v) is 62.3. The van der Waals surface area contributed by atoms with E-state index in [0.29, 0.717) is 59.1 Å². The number of carboxylic acids is 1. The highest BCUT2D eigenvalue weighted by molar-refractivity contribution is 7.94. The van der Waals surface area contributed by atoms with Gasteiger partial charge in [-0.25, -0.2) is 31.8 Å². The number of hydrogen-bond donors (Lipinski definition) is 7. The first kappa shape index (κ1) is 79.9. The van der Waals surface area contributed by atoms with Crippen LogP contribution in [0.5, 0.6) is 17.6 Å². The number of piperidine rings is 3. The number of rotatable bonds is 23. The lowest BCUT2D eigenvalue weighted by molar-refractivity contribution is -0.140. The molecule has 9 fully saturated rings. The predicted octanol–water partition coefficient (Wildman–Crippen LogP) is 16.6. The molecule has 3 spiro atoms. The molecule has 6 aromatic rings. The number of nitrogens with two attached hydrogens (primary N) is 1. The Morgan fingerprint density at radius 2 is 0.725 bits per heavy atom. The van der Waals surface area contributed by atoms with Gasteiger partial charge in [-0.3, -0.25) is 9.59 Å². The third kappa shape index (κ3) is 21.5. The van der Waals surface area contributed by atoms with Crippen LogP contribution in [-0.2, 0) is 29.2 Å². The maximum atomic E-state index is 13.3. The van der Waals surface area contributed by atoms with E-state index in [1.54, 1.807) is 66.7 Å². The highest BCUT2D eigenvalue weighted by Crippen LogP contribution is 2.56. The minimum atomic E-state index is -4.33. The Balaban J connectivity index is 0.000000143. The number of nitrogen functional groups attached to an aromatic ring is 1. The van der Waals surface area contributed by atoms with Crippen LogP contribution in [0, 0.1) is 30.6 Å². The van der Waals surface area contributed by atoms with Gasteiger partial charge in [0.1, 0.15) is 17.5 Å². The van der Waals surface area contributed by atoms with Crippen LogP contribution in [0.1, 0.15) is 166 Å². The molecule has 15 rings (SSSR count). The molecule has 3 atom stereocenters. The third-order valence-electron chi connectivity index (χ3n) is 21.6. The number of aromatic nitrogens is 3. The summed E-state index contributed by atoms with van der Waals surface area (Å²) in [5, 5.41) is 14.6. The van der Waals surface area contributed by atoms with Crippen molar-refractivity contribution in [3.05, 3.63) is 126 Å². The molecule has 22 nitrogen and oxygen atoms in total. The molecule has 590 valence electrons. The molecule has 3 saturated heterocycles. The number of ether oxygens (including phenoxy) is 3. The summed E-state index contributed by atoms with van der Waals surface area (Å²) in [6.07, 6.45) is 2.64. The molecule has 8 N–H and O–H groups in total. The number of carboxylic acid groups (broad SMARTS) is 1. The number of carbonyl (C=O) groups excluding carboxylic acids is 2. The average Bonchev–Trinajstić information content (AvgIpc) is 1.63. The summed E-state index contributed by atoms with van der Waals surface area (Å²) >= 11 is 0. The molecule has 0 bridgehead atoms. The van der Waals surface area contributed by atoms with Crippen LogP contribution in [0.4, 0.5) is 74.0 Å². The van der Waals surface area contributed by atoms with Gasteiger partial charge in [-0.2, -0.15) is 54.5 Å². The van der Waals surface area contributed by atoms with Crippen LogP contribution < -0.4 is 45.3 Å². The summed E-state index contributed by atoms with van der Waals surface area (Å²) in [5.41, 5.74) is 9.65. The summed E-state index contributed by atoms with van der Waals surface area (Å²) in [5.74, 6) is -1.24. The van der Waals surface area contributed by atoms with Gasteiger partial charge in [0.25, 0.3) is 11.8 Å². The molecule has 6 aliphatic carbocycles. The van der Waals surface area contributed by atoms with E-state index in [4.69, 9.17) is 34.3 Å². The molecule has 0 radical (unpaired) electrons. The second-order valence-corrected chi connectivity index (χ2v) is 36.9. The average molecular weight is 1590 g/mol. The van der Waals surface area contributed by atoms with E-state index >= 15 is 0 Å². The van der Waals surface area contributed by atoms with E-state index < -0.39 is 105 Å². The van der Waals surface area contributed by atoms with E-state index in [-0.39, 0.29) is 56.4 Å². The van der Waals surface area contributed by atoms with Gasteiger partial charge in [-0.15, -0.1) is 0 Å². The highest BCUT2D eigenvalue weighted by Gasteiger charge is 2.48. The van der Waals surface area contributed by atoms with Crippen molar-refractivity contribution < 1.29 is 85.8 Å². The maximum Gasteiger partial charge on any atom is 0.392 e. The molecule has 9 aliphatic rings. The van der Waals surface area contributed by atoms with Crippen molar-refractivity contribution in [3.63, 3.8) is 0 Å². The fraction of sp³-hybridized carbons (Fsp3) is 0.520. The van der Waals surface area contributed by atoms with Crippen LogP contribution in [0.25, 0.3) is 0 Å². The summed E-state index contributed by atoms with van der Waals surface area (Å²) < 4.78 is 188. The topological polar surface area (TPSA) is 320 Å². The van der Waals surface area contributed by atoms with E-state index in [2.05, 4.69) is 40.3 Å². The molecule has 34 heteroatoms. The minimum Gasteiger partial charge on any atom is -0.478 e. The predicted molar refractivity (Wildman–Crippen MR) is 394 cm³/mol. The molecular formula is C75H89F9N12O10S3. The number of aromatic carboxylic acids is 1.